The third-order valence-electron chi connectivity index (χ3n) is 6.31. The van der Waals surface area contributed by atoms with Gasteiger partial charge in [0.15, 0.2) is 0 Å². The van der Waals surface area contributed by atoms with Crippen molar-refractivity contribution in [2.75, 3.05) is 32.7 Å². The first-order chi connectivity index (χ1) is 11.2. The molecule has 0 aromatic rings. The van der Waals surface area contributed by atoms with Crippen LogP contribution >= 0.6 is 0 Å². The minimum atomic E-state index is 0.886. The number of hydrogen-bond donors (Lipinski definition) is 0. The number of hydrogen-bond acceptors (Lipinski definition) is 2. The van der Waals surface area contributed by atoms with E-state index in [0.29, 0.717) is 0 Å². The molecule has 2 saturated heterocycles. The Morgan fingerprint density at radius 2 is 1.48 bits per heavy atom. The summed E-state index contributed by atoms with van der Waals surface area (Å²) >= 11 is 0. The summed E-state index contributed by atoms with van der Waals surface area (Å²) in [7, 11) is 0. The lowest BCUT2D eigenvalue weighted by molar-refractivity contribution is 0.0764. The first-order valence-corrected chi connectivity index (χ1v) is 10.7. The number of unbranched alkanes of at least 4 members (excludes halogenated alkanes) is 3. The maximum absolute atomic E-state index is 2.81. The van der Waals surface area contributed by atoms with Gasteiger partial charge in [0.05, 0.1) is 0 Å². The molecule has 0 unspecified atom stereocenters. The van der Waals surface area contributed by atoms with E-state index in [1.807, 2.05) is 0 Å². The van der Waals surface area contributed by atoms with Gasteiger partial charge in [-0.1, -0.05) is 52.9 Å². The molecule has 23 heavy (non-hydrogen) atoms. The summed E-state index contributed by atoms with van der Waals surface area (Å²) in [5, 5.41) is 0. The number of likely N-dealkylation sites (tertiary alicyclic amines) is 2. The third-order valence-corrected chi connectivity index (χ3v) is 6.31. The molecule has 2 heterocycles. The van der Waals surface area contributed by atoms with Crippen LogP contribution in [0.15, 0.2) is 0 Å². The summed E-state index contributed by atoms with van der Waals surface area (Å²) in [6, 6.07) is 0.898. The lowest BCUT2D eigenvalue weighted by Crippen LogP contribution is -2.47. The molecule has 0 aromatic carbocycles. The zero-order chi connectivity index (χ0) is 16.5. The van der Waals surface area contributed by atoms with Crippen LogP contribution in [0.1, 0.15) is 85.0 Å². The normalized spacial score (nSPS) is 23.0. The topological polar surface area (TPSA) is 6.48 Å². The summed E-state index contributed by atoms with van der Waals surface area (Å²) in [6.07, 6.45) is 14.3. The van der Waals surface area contributed by atoms with Crippen molar-refractivity contribution in [2.24, 2.45) is 11.8 Å². The van der Waals surface area contributed by atoms with Crippen molar-refractivity contribution in [3.63, 3.8) is 0 Å². The van der Waals surface area contributed by atoms with Gasteiger partial charge >= 0.3 is 0 Å². The van der Waals surface area contributed by atoms with E-state index in [1.165, 1.54) is 96.9 Å². The summed E-state index contributed by atoms with van der Waals surface area (Å²) in [6.45, 7) is 13.9. The SMILES string of the molecule is CCC1CCN(C2CCN(CCCCCCC(C)C)CC2)CC1. The molecule has 2 aliphatic rings. The minimum absolute atomic E-state index is 0.886. The highest BCUT2D eigenvalue weighted by atomic mass is 15.2. The lowest BCUT2D eigenvalue weighted by Gasteiger charge is -2.41. The van der Waals surface area contributed by atoms with Gasteiger partial charge in [-0.3, -0.25) is 0 Å². The molecule has 0 aromatic heterocycles. The molecule has 2 heteroatoms. The summed E-state index contributed by atoms with van der Waals surface area (Å²) in [5.74, 6) is 1.90. The molecule has 0 spiro atoms. The first-order valence-electron chi connectivity index (χ1n) is 10.7. The van der Waals surface area contributed by atoms with Gasteiger partial charge in [0.25, 0.3) is 0 Å². The van der Waals surface area contributed by atoms with Gasteiger partial charge in [0, 0.05) is 6.04 Å². The van der Waals surface area contributed by atoms with Gasteiger partial charge < -0.3 is 9.80 Å². The Morgan fingerprint density at radius 1 is 0.826 bits per heavy atom. The van der Waals surface area contributed by atoms with Crippen LogP contribution in [0.3, 0.4) is 0 Å². The molecule has 0 bridgehead atoms. The predicted octanol–water partition coefficient (Wildman–Crippen LogP) is 5.18. The molecule has 2 aliphatic heterocycles. The van der Waals surface area contributed by atoms with Crippen molar-refractivity contribution in [3.05, 3.63) is 0 Å². The van der Waals surface area contributed by atoms with Crippen LogP contribution in [0, 0.1) is 11.8 Å². The van der Waals surface area contributed by atoms with Gasteiger partial charge in [-0.05, 0) is 76.7 Å². The first kappa shape index (κ1) is 19.2. The quantitative estimate of drug-likeness (QED) is 0.540. The van der Waals surface area contributed by atoms with Crippen LogP contribution in [-0.2, 0) is 0 Å². The molecular formula is C21H42N2. The molecule has 0 aliphatic carbocycles. The Labute approximate surface area is 146 Å². The van der Waals surface area contributed by atoms with E-state index in [4.69, 9.17) is 0 Å². The molecule has 0 atom stereocenters. The third kappa shape index (κ3) is 7.13. The van der Waals surface area contributed by atoms with Gasteiger partial charge in [0.2, 0.25) is 0 Å². The zero-order valence-electron chi connectivity index (χ0n) is 16.2. The van der Waals surface area contributed by atoms with E-state index < -0.39 is 0 Å². The molecule has 2 fully saturated rings. The second-order valence-corrected chi connectivity index (χ2v) is 8.56. The van der Waals surface area contributed by atoms with Gasteiger partial charge in [-0.25, -0.2) is 0 Å². The minimum Gasteiger partial charge on any atom is -0.303 e. The summed E-state index contributed by atoms with van der Waals surface area (Å²) < 4.78 is 0. The molecule has 0 N–H and O–H groups in total. The molecular weight excluding hydrogens is 280 g/mol. The molecule has 0 saturated carbocycles. The number of piperidine rings is 2. The Balaban J connectivity index is 1.51. The van der Waals surface area contributed by atoms with Crippen molar-refractivity contribution in [1.82, 2.24) is 9.80 Å². The standard InChI is InChI=1S/C21H42N2/c1-4-20-10-17-23(18-11-20)21-12-15-22(16-13-21)14-8-6-5-7-9-19(2)3/h19-21H,4-18H2,1-3H3. The Morgan fingerprint density at radius 3 is 2.09 bits per heavy atom. The van der Waals surface area contributed by atoms with E-state index in [9.17, 15) is 0 Å². The number of nitrogens with zero attached hydrogens (tertiary/aromatic N) is 2. The highest BCUT2D eigenvalue weighted by molar-refractivity contribution is 4.83. The fourth-order valence-electron chi connectivity index (χ4n) is 4.48. The maximum atomic E-state index is 2.81. The molecule has 2 rings (SSSR count). The largest absolute Gasteiger partial charge is 0.303 e. The van der Waals surface area contributed by atoms with E-state index in [-0.39, 0.29) is 0 Å². The average molecular weight is 323 g/mol. The second kappa shape index (κ2) is 10.7. The van der Waals surface area contributed by atoms with Crippen LogP contribution in [0.2, 0.25) is 0 Å². The zero-order valence-corrected chi connectivity index (χ0v) is 16.2. The van der Waals surface area contributed by atoms with Crippen molar-refractivity contribution in [1.29, 1.82) is 0 Å². The average Bonchev–Trinajstić information content (AvgIpc) is 2.58. The van der Waals surface area contributed by atoms with Crippen LogP contribution in [0.5, 0.6) is 0 Å². The van der Waals surface area contributed by atoms with E-state index in [0.717, 1.165) is 17.9 Å². The summed E-state index contributed by atoms with van der Waals surface area (Å²) in [5.41, 5.74) is 0. The van der Waals surface area contributed by atoms with E-state index >= 15 is 0 Å². The molecule has 0 amide bonds. The smallest absolute Gasteiger partial charge is 0.0120 e. The van der Waals surface area contributed by atoms with Crippen LogP contribution in [0.4, 0.5) is 0 Å². The highest BCUT2D eigenvalue weighted by Crippen LogP contribution is 2.25. The maximum Gasteiger partial charge on any atom is 0.0120 e. The van der Waals surface area contributed by atoms with Crippen molar-refractivity contribution in [2.45, 2.75) is 91.0 Å². The highest BCUT2D eigenvalue weighted by Gasteiger charge is 2.27. The fraction of sp³-hybridized carbons (Fsp3) is 1.00. The molecule has 0 radical (unpaired) electrons. The van der Waals surface area contributed by atoms with E-state index in [2.05, 4.69) is 30.6 Å². The Bertz CT molecular complexity index is 286. The van der Waals surface area contributed by atoms with Crippen molar-refractivity contribution >= 4 is 0 Å². The monoisotopic (exact) mass is 322 g/mol. The Kier molecular flexibility index (Phi) is 8.97. The predicted molar refractivity (Wildman–Crippen MR) is 102 cm³/mol. The molecule has 2 nitrogen and oxygen atoms in total. The van der Waals surface area contributed by atoms with Gasteiger partial charge in [-0.15, -0.1) is 0 Å². The van der Waals surface area contributed by atoms with Crippen molar-refractivity contribution < 1.29 is 0 Å². The van der Waals surface area contributed by atoms with Crippen LogP contribution in [-0.4, -0.2) is 48.6 Å². The lowest BCUT2D eigenvalue weighted by atomic mass is 9.92. The second-order valence-electron chi connectivity index (χ2n) is 8.56. The van der Waals surface area contributed by atoms with Crippen LogP contribution < -0.4 is 0 Å². The van der Waals surface area contributed by atoms with Gasteiger partial charge in [-0.2, -0.15) is 0 Å². The van der Waals surface area contributed by atoms with Crippen LogP contribution in [0.25, 0.3) is 0 Å². The number of rotatable bonds is 9. The molecule has 136 valence electrons. The van der Waals surface area contributed by atoms with Gasteiger partial charge in [0.1, 0.15) is 0 Å². The van der Waals surface area contributed by atoms with E-state index in [1.54, 1.807) is 0 Å². The Hall–Kier alpha value is -0.0800. The van der Waals surface area contributed by atoms with Crippen molar-refractivity contribution in [3.8, 4) is 0 Å². The fourth-order valence-corrected chi connectivity index (χ4v) is 4.48. The summed E-state index contributed by atoms with van der Waals surface area (Å²) in [4.78, 5) is 5.55.